The maximum Gasteiger partial charge on any atom is 0.306 e. The molecule has 1 unspecified atom stereocenters. The van der Waals surface area contributed by atoms with E-state index < -0.39 is 6.10 Å². The lowest BCUT2D eigenvalue weighted by Gasteiger charge is -2.18. The monoisotopic (exact) mass is 1070 g/mol. The summed E-state index contributed by atoms with van der Waals surface area (Å²) < 4.78 is 17.0. The topological polar surface area (TPSA) is 78.9 Å². The summed E-state index contributed by atoms with van der Waals surface area (Å²) >= 11 is 0. The van der Waals surface area contributed by atoms with Crippen molar-refractivity contribution < 1.29 is 28.6 Å². The Morgan fingerprint density at radius 1 is 0.260 bits per heavy atom. The van der Waals surface area contributed by atoms with Crippen molar-refractivity contribution in [2.24, 2.45) is 0 Å². The average Bonchev–Trinajstić information content (AvgIpc) is 3.43. The molecule has 0 N–H and O–H groups in total. The summed E-state index contributed by atoms with van der Waals surface area (Å²) in [7, 11) is 0. The van der Waals surface area contributed by atoms with Gasteiger partial charge in [-0.2, -0.15) is 0 Å². The zero-order valence-corrected chi connectivity index (χ0v) is 51.2. The van der Waals surface area contributed by atoms with E-state index in [0.717, 1.165) is 89.9 Å². The van der Waals surface area contributed by atoms with Gasteiger partial charge in [-0.15, -0.1) is 0 Å². The molecule has 0 saturated carbocycles. The molecule has 0 amide bonds. The predicted molar refractivity (Wildman–Crippen MR) is 335 cm³/mol. The van der Waals surface area contributed by atoms with E-state index in [0.29, 0.717) is 19.3 Å². The molecule has 0 aliphatic rings. The normalized spacial score (nSPS) is 12.5. The van der Waals surface area contributed by atoms with E-state index in [-0.39, 0.29) is 31.1 Å². The molecule has 6 nitrogen and oxygen atoms in total. The van der Waals surface area contributed by atoms with E-state index in [1.54, 1.807) is 0 Å². The second-order valence-electron chi connectivity index (χ2n) is 22.4. The van der Waals surface area contributed by atoms with Crippen molar-refractivity contribution >= 4 is 17.9 Å². The molecule has 0 fully saturated rings. The van der Waals surface area contributed by atoms with E-state index in [4.69, 9.17) is 14.2 Å². The summed E-state index contributed by atoms with van der Waals surface area (Å²) in [6.45, 7) is 6.63. The van der Waals surface area contributed by atoms with Gasteiger partial charge in [-0.1, -0.05) is 280 Å². The molecule has 77 heavy (non-hydrogen) atoms. The van der Waals surface area contributed by atoms with Crippen LogP contribution >= 0.6 is 0 Å². The van der Waals surface area contributed by atoms with Crippen molar-refractivity contribution in [1.82, 2.24) is 0 Å². The number of hydrogen-bond acceptors (Lipinski definition) is 6. The molecule has 6 heteroatoms. The van der Waals surface area contributed by atoms with Crippen molar-refractivity contribution in [2.75, 3.05) is 13.2 Å². The van der Waals surface area contributed by atoms with E-state index in [1.165, 1.54) is 212 Å². The van der Waals surface area contributed by atoms with Gasteiger partial charge in [-0.3, -0.25) is 14.4 Å². The zero-order valence-electron chi connectivity index (χ0n) is 51.2. The molecule has 0 saturated heterocycles. The third-order valence-corrected chi connectivity index (χ3v) is 14.7. The SMILES string of the molecule is CCCCCC/C=C\C/C=C\CCCCCCCCCC(=O)OCC(COC(=O)CCCCCCCCCCCCC/C=C\C/C=C\CCCCCCC)OC(=O)CCCCCCCCC/C=C\C/C=C\CCCCCC. The van der Waals surface area contributed by atoms with Crippen LogP contribution in [-0.2, 0) is 28.6 Å². The first-order valence-electron chi connectivity index (χ1n) is 33.4. The number of hydrogen-bond donors (Lipinski definition) is 0. The van der Waals surface area contributed by atoms with Crippen molar-refractivity contribution in [3.63, 3.8) is 0 Å². The number of allylic oxidation sites excluding steroid dienone is 12. The molecule has 1 atom stereocenters. The Kier molecular flexibility index (Phi) is 62.7. The van der Waals surface area contributed by atoms with Crippen LogP contribution in [0.3, 0.4) is 0 Å². The minimum absolute atomic E-state index is 0.0808. The zero-order chi connectivity index (χ0) is 55.7. The quantitative estimate of drug-likeness (QED) is 0.0261. The first kappa shape index (κ1) is 73.8. The summed E-state index contributed by atoms with van der Waals surface area (Å²) in [6.07, 6.45) is 84.7. The van der Waals surface area contributed by atoms with Gasteiger partial charge < -0.3 is 14.2 Å². The highest BCUT2D eigenvalue weighted by molar-refractivity contribution is 5.71. The molecule has 0 spiro atoms. The van der Waals surface area contributed by atoms with Crippen LogP contribution in [0.1, 0.15) is 342 Å². The Labute approximate surface area is 478 Å². The Hall–Kier alpha value is -3.15. The van der Waals surface area contributed by atoms with E-state index in [9.17, 15) is 14.4 Å². The van der Waals surface area contributed by atoms with Gasteiger partial charge in [0.25, 0.3) is 0 Å². The van der Waals surface area contributed by atoms with Crippen LogP contribution in [0.5, 0.6) is 0 Å². The standard InChI is InChI=1S/C71H126O6/c1-4-7-10-13-16-19-22-25-28-31-34-35-36-37-38-41-43-46-49-52-55-58-61-64-70(73)76-67-68(77-71(74)65-62-59-56-53-50-47-44-40-33-30-27-24-21-18-15-12-9-6-3)66-75-69(72)63-60-57-54-51-48-45-42-39-32-29-26-23-20-17-14-11-8-5-2/h20-25,29-34,68H,4-19,26-28,35-67H2,1-3H3/b23-20-,24-21-,25-22-,32-29-,33-30-,34-31-. The van der Waals surface area contributed by atoms with Gasteiger partial charge in [0.2, 0.25) is 0 Å². The molecular weight excluding hydrogens is 949 g/mol. The summed E-state index contributed by atoms with van der Waals surface area (Å²) in [5.74, 6) is -0.882. The molecule has 0 aromatic heterocycles. The molecule has 0 heterocycles. The maximum absolute atomic E-state index is 12.9. The van der Waals surface area contributed by atoms with Crippen LogP contribution in [-0.4, -0.2) is 37.2 Å². The van der Waals surface area contributed by atoms with Crippen molar-refractivity contribution in [3.8, 4) is 0 Å². The van der Waals surface area contributed by atoms with E-state index >= 15 is 0 Å². The minimum atomic E-state index is -0.786. The first-order valence-corrected chi connectivity index (χ1v) is 33.4. The lowest BCUT2D eigenvalue weighted by atomic mass is 10.0. The highest BCUT2D eigenvalue weighted by Crippen LogP contribution is 2.16. The smallest absolute Gasteiger partial charge is 0.306 e. The Bertz CT molecular complexity index is 1420. The first-order chi connectivity index (χ1) is 38.0. The summed E-state index contributed by atoms with van der Waals surface area (Å²) in [6, 6.07) is 0. The van der Waals surface area contributed by atoms with Gasteiger partial charge in [0.1, 0.15) is 13.2 Å². The molecule has 0 aliphatic carbocycles. The fourth-order valence-electron chi connectivity index (χ4n) is 9.59. The minimum Gasteiger partial charge on any atom is -0.462 e. The van der Waals surface area contributed by atoms with Crippen LogP contribution in [0.4, 0.5) is 0 Å². The summed E-state index contributed by atoms with van der Waals surface area (Å²) in [5.41, 5.74) is 0. The maximum atomic E-state index is 12.9. The Balaban J connectivity index is 4.37. The third-order valence-electron chi connectivity index (χ3n) is 14.7. The Morgan fingerprint density at radius 3 is 0.727 bits per heavy atom. The van der Waals surface area contributed by atoms with Gasteiger partial charge in [0, 0.05) is 19.3 Å². The number of carbonyl (C=O) groups is 3. The summed E-state index contributed by atoms with van der Waals surface area (Å²) in [5, 5.41) is 0. The average molecular weight is 1080 g/mol. The Morgan fingerprint density at radius 2 is 0.468 bits per heavy atom. The lowest BCUT2D eigenvalue weighted by molar-refractivity contribution is -0.167. The summed E-state index contributed by atoms with van der Waals surface area (Å²) in [4.78, 5) is 38.4. The van der Waals surface area contributed by atoms with Crippen LogP contribution in [0.25, 0.3) is 0 Å². The van der Waals surface area contributed by atoms with Crippen LogP contribution < -0.4 is 0 Å². The number of unbranched alkanes of at least 4 members (excludes halogenated alkanes) is 38. The fraction of sp³-hybridized carbons (Fsp3) is 0.789. The van der Waals surface area contributed by atoms with Crippen molar-refractivity contribution in [2.45, 2.75) is 348 Å². The van der Waals surface area contributed by atoms with Crippen LogP contribution in [0.2, 0.25) is 0 Å². The lowest BCUT2D eigenvalue weighted by Crippen LogP contribution is -2.30. The molecule has 0 aromatic rings. The molecule has 446 valence electrons. The number of esters is 3. The van der Waals surface area contributed by atoms with Crippen molar-refractivity contribution in [3.05, 3.63) is 72.9 Å². The predicted octanol–water partition coefficient (Wildman–Crippen LogP) is 22.9. The highest BCUT2D eigenvalue weighted by Gasteiger charge is 2.19. The van der Waals surface area contributed by atoms with Crippen LogP contribution in [0.15, 0.2) is 72.9 Å². The molecule has 0 radical (unpaired) electrons. The highest BCUT2D eigenvalue weighted by atomic mass is 16.6. The number of rotatable bonds is 61. The second kappa shape index (κ2) is 65.4. The van der Waals surface area contributed by atoms with Gasteiger partial charge >= 0.3 is 17.9 Å². The molecule has 0 bridgehead atoms. The third kappa shape index (κ3) is 63.6. The van der Waals surface area contributed by atoms with Crippen LogP contribution in [0, 0.1) is 0 Å². The van der Waals surface area contributed by atoms with Gasteiger partial charge in [-0.25, -0.2) is 0 Å². The van der Waals surface area contributed by atoms with Gasteiger partial charge in [-0.05, 0) is 116 Å². The van der Waals surface area contributed by atoms with Gasteiger partial charge in [0.05, 0.1) is 0 Å². The number of ether oxygens (including phenoxy) is 3. The molecule has 0 aliphatic heterocycles. The fourth-order valence-corrected chi connectivity index (χ4v) is 9.59. The number of carbonyl (C=O) groups excluding carboxylic acids is 3. The largest absolute Gasteiger partial charge is 0.462 e. The van der Waals surface area contributed by atoms with Gasteiger partial charge in [0.15, 0.2) is 6.10 Å². The molecule has 0 aromatic carbocycles. The second-order valence-corrected chi connectivity index (χ2v) is 22.4. The van der Waals surface area contributed by atoms with Crippen molar-refractivity contribution in [1.29, 1.82) is 0 Å². The molecule has 0 rings (SSSR count). The molecular formula is C71H126O6. The van der Waals surface area contributed by atoms with E-state index in [2.05, 4.69) is 93.7 Å². The van der Waals surface area contributed by atoms with E-state index in [1.807, 2.05) is 0 Å².